The van der Waals surface area contributed by atoms with E-state index in [0.717, 1.165) is 5.56 Å². The van der Waals surface area contributed by atoms with Crippen LogP contribution in [0.4, 0.5) is 0 Å². The lowest BCUT2D eigenvalue weighted by molar-refractivity contribution is -0.130. The molecule has 0 radical (unpaired) electrons. The molecule has 0 atom stereocenters. The second kappa shape index (κ2) is 8.23. The molecular weight excluding hydrogens is 426 g/mol. The van der Waals surface area contributed by atoms with Gasteiger partial charge in [0.2, 0.25) is 0 Å². The molecule has 2 aromatic carbocycles. The van der Waals surface area contributed by atoms with E-state index in [1.807, 2.05) is 6.07 Å². The van der Waals surface area contributed by atoms with Crippen molar-refractivity contribution in [2.75, 3.05) is 21.3 Å². The molecule has 0 bridgehead atoms. The van der Waals surface area contributed by atoms with Crippen molar-refractivity contribution in [3.63, 3.8) is 0 Å². The lowest BCUT2D eigenvalue weighted by Gasteiger charge is -2.22. The van der Waals surface area contributed by atoms with Crippen molar-refractivity contribution in [2.24, 2.45) is 4.99 Å². The second-order valence-electron chi connectivity index (χ2n) is 7.09. The Balaban J connectivity index is 1.69. The Morgan fingerprint density at radius 2 is 1.73 bits per heavy atom. The smallest absolute Gasteiger partial charge is 0.364 e. The zero-order chi connectivity index (χ0) is 22.9. The largest absolute Gasteiger partial charge is 0.497 e. The second-order valence-corrected chi connectivity index (χ2v) is 7.09. The number of rotatable bonds is 5. The minimum atomic E-state index is -0.588. The van der Waals surface area contributed by atoms with Crippen LogP contribution in [-0.4, -0.2) is 33.2 Å². The first kappa shape index (κ1) is 20.4. The summed E-state index contributed by atoms with van der Waals surface area (Å²) in [5.41, 5.74) is 2.05. The molecule has 0 saturated heterocycles. The van der Waals surface area contributed by atoms with Crippen molar-refractivity contribution in [1.82, 2.24) is 0 Å². The number of hydrogen-bond acceptors (Lipinski definition) is 8. The fourth-order valence-corrected chi connectivity index (χ4v) is 3.60. The Hall–Kier alpha value is -4.46. The number of carbonyl (C=O) groups excluding carboxylic acids is 1. The Morgan fingerprint density at radius 1 is 0.879 bits per heavy atom. The van der Waals surface area contributed by atoms with Gasteiger partial charge in [-0.2, -0.15) is 0 Å². The third-order valence-corrected chi connectivity index (χ3v) is 5.22. The molecule has 2 aliphatic rings. The summed E-state index contributed by atoms with van der Waals surface area (Å²) in [5.74, 6) is 2.67. The molecule has 5 rings (SSSR count). The van der Waals surface area contributed by atoms with Gasteiger partial charge < -0.3 is 28.1 Å². The molecule has 33 heavy (non-hydrogen) atoms. The average Bonchev–Trinajstić information content (AvgIpc) is 3.52. The minimum Gasteiger partial charge on any atom is -0.497 e. The van der Waals surface area contributed by atoms with Crippen molar-refractivity contribution < 1.29 is 32.9 Å². The fourth-order valence-electron chi connectivity index (χ4n) is 3.60. The number of hydrogen-bond donors (Lipinski definition) is 0. The first-order chi connectivity index (χ1) is 16.1. The highest BCUT2D eigenvalue weighted by Gasteiger charge is 2.32. The van der Waals surface area contributed by atoms with Gasteiger partial charge in [-0.1, -0.05) is 0 Å². The average molecular weight is 445 g/mol. The number of allylic oxidation sites excluding steroid dienone is 2. The van der Waals surface area contributed by atoms with Gasteiger partial charge in [-0.15, -0.1) is 0 Å². The summed E-state index contributed by atoms with van der Waals surface area (Å²) in [6.45, 7) is 0. The fraction of sp³-hybridized carbons (Fsp3) is 0.120. The predicted octanol–water partition coefficient (Wildman–Crippen LogP) is 4.45. The summed E-state index contributed by atoms with van der Waals surface area (Å²) >= 11 is 0. The molecule has 8 heteroatoms. The Morgan fingerprint density at radius 3 is 2.45 bits per heavy atom. The van der Waals surface area contributed by atoms with Crippen molar-refractivity contribution >= 4 is 23.2 Å². The lowest BCUT2D eigenvalue weighted by Crippen LogP contribution is -2.08. The number of cyclic esters (lactones) is 1. The van der Waals surface area contributed by atoms with Crippen molar-refractivity contribution in [1.29, 1.82) is 0 Å². The van der Waals surface area contributed by atoms with E-state index in [0.29, 0.717) is 45.7 Å². The van der Waals surface area contributed by atoms with Gasteiger partial charge in [-0.25, -0.2) is 9.79 Å². The number of nitrogens with zero attached hydrogens (tertiary/aromatic N) is 1. The first-order valence-electron chi connectivity index (χ1n) is 10.0. The Labute approximate surface area is 189 Å². The van der Waals surface area contributed by atoms with E-state index < -0.39 is 5.97 Å². The van der Waals surface area contributed by atoms with Gasteiger partial charge in [-0.3, -0.25) is 0 Å². The molecule has 0 amide bonds. The summed E-state index contributed by atoms with van der Waals surface area (Å²) in [5, 5.41) is 0. The van der Waals surface area contributed by atoms with Crippen LogP contribution in [0.5, 0.6) is 23.0 Å². The minimum absolute atomic E-state index is 0.101. The first-order valence-corrected chi connectivity index (χ1v) is 10.0. The number of carbonyl (C=O) groups is 1. The maximum Gasteiger partial charge on any atom is 0.364 e. The summed E-state index contributed by atoms with van der Waals surface area (Å²) in [6.07, 6.45) is 3.23. The van der Waals surface area contributed by atoms with Crippen molar-refractivity contribution in [3.05, 3.63) is 83.5 Å². The van der Waals surface area contributed by atoms with Gasteiger partial charge in [0.05, 0.1) is 27.6 Å². The maximum absolute atomic E-state index is 12.8. The van der Waals surface area contributed by atoms with Crippen LogP contribution in [0.1, 0.15) is 16.9 Å². The van der Waals surface area contributed by atoms with E-state index in [2.05, 4.69) is 4.99 Å². The van der Waals surface area contributed by atoms with E-state index in [4.69, 9.17) is 28.1 Å². The number of fused-ring (bicyclic) bond motifs is 1. The molecule has 0 saturated carbocycles. The number of ether oxygens (including phenoxy) is 5. The molecule has 2 aliphatic heterocycles. The van der Waals surface area contributed by atoms with Gasteiger partial charge in [0, 0.05) is 16.7 Å². The molecule has 1 aromatic heterocycles. The van der Waals surface area contributed by atoms with Gasteiger partial charge in [-0.05, 0) is 54.6 Å². The molecule has 166 valence electrons. The molecule has 0 spiro atoms. The molecular formula is C25H19NO7. The standard InChI is InChI=1S/C25H19NO7/c1-28-15-7-9-18-16(12-15)17(23-25(27)33-24(26-23)20-5-4-10-31-20)13-21(32-18)14-6-8-19(29-2)22(11-14)30-3/h4-13H,1-3H3/b23-17-. The highest BCUT2D eigenvalue weighted by atomic mass is 16.6. The molecule has 0 aliphatic carbocycles. The van der Waals surface area contributed by atoms with Crippen LogP contribution in [0.25, 0.3) is 11.3 Å². The zero-order valence-electron chi connectivity index (χ0n) is 18.1. The van der Waals surface area contributed by atoms with Gasteiger partial charge in [0.1, 0.15) is 17.3 Å². The highest BCUT2D eigenvalue weighted by Crippen LogP contribution is 2.42. The molecule has 3 heterocycles. The molecule has 3 aromatic rings. The quantitative estimate of drug-likeness (QED) is 0.423. The van der Waals surface area contributed by atoms with E-state index in [1.165, 1.54) is 6.26 Å². The van der Waals surface area contributed by atoms with Crippen LogP contribution in [0, 0.1) is 0 Å². The summed E-state index contributed by atoms with van der Waals surface area (Å²) in [7, 11) is 4.70. The summed E-state index contributed by atoms with van der Waals surface area (Å²) in [4.78, 5) is 17.2. The van der Waals surface area contributed by atoms with Crippen LogP contribution >= 0.6 is 0 Å². The van der Waals surface area contributed by atoms with Crippen molar-refractivity contribution in [3.8, 4) is 23.0 Å². The van der Waals surface area contributed by atoms with Crippen LogP contribution in [0.3, 0.4) is 0 Å². The third kappa shape index (κ3) is 3.61. The van der Waals surface area contributed by atoms with E-state index >= 15 is 0 Å². The number of methoxy groups -OCH3 is 3. The number of furan rings is 1. The van der Waals surface area contributed by atoms with E-state index in [9.17, 15) is 4.79 Å². The maximum atomic E-state index is 12.8. The van der Waals surface area contributed by atoms with Crippen LogP contribution in [0.2, 0.25) is 0 Å². The molecule has 8 nitrogen and oxygen atoms in total. The molecule has 0 fully saturated rings. The SMILES string of the molecule is COc1ccc2c(c1)/C(=C1\N=C(c3ccco3)OC1=O)C=C(c1ccc(OC)c(OC)c1)O2. The van der Waals surface area contributed by atoms with Gasteiger partial charge in [0.15, 0.2) is 23.0 Å². The summed E-state index contributed by atoms with van der Waals surface area (Å²) in [6, 6.07) is 14.1. The number of aliphatic imine (C=N–C) groups is 1. The number of esters is 1. The monoisotopic (exact) mass is 445 g/mol. The van der Waals surface area contributed by atoms with Crippen LogP contribution < -0.4 is 18.9 Å². The zero-order valence-corrected chi connectivity index (χ0v) is 18.1. The summed E-state index contributed by atoms with van der Waals surface area (Å²) < 4.78 is 33.0. The molecule has 0 N–H and O–H groups in total. The predicted molar refractivity (Wildman–Crippen MR) is 119 cm³/mol. The Bertz CT molecular complexity index is 1330. The highest BCUT2D eigenvalue weighted by molar-refractivity contribution is 6.15. The normalized spacial score (nSPS) is 16.9. The lowest BCUT2D eigenvalue weighted by atomic mass is 9.97. The third-order valence-electron chi connectivity index (χ3n) is 5.22. The van der Waals surface area contributed by atoms with Crippen LogP contribution in [-0.2, 0) is 9.53 Å². The van der Waals surface area contributed by atoms with Gasteiger partial charge in [0.25, 0.3) is 5.90 Å². The van der Waals surface area contributed by atoms with Gasteiger partial charge >= 0.3 is 5.97 Å². The molecule has 0 unspecified atom stereocenters. The Kier molecular flexibility index (Phi) is 5.10. The number of benzene rings is 2. The van der Waals surface area contributed by atoms with E-state index in [1.54, 1.807) is 69.9 Å². The topological polar surface area (TPSA) is 88.7 Å². The van der Waals surface area contributed by atoms with Crippen LogP contribution in [0.15, 0.2) is 76.0 Å². The van der Waals surface area contributed by atoms with E-state index in [-0.39, 0.29) is 11.6 Å². The van der Waals surface area contributed by atoms with Crippen molar-refractivity contribution in [2.45, 2.75) is 0 Å².